The average molecular weight is 331 g/mol. The van der Waals surface area contributed by atoms with E-state index in [0.29, 0.717) is 43.2 Å². The van der Waals surface area contributed by atoms with Crippen molar-refractivity contribution >= 4 is 23.1 Å². The Morgan fingerprint density at radius 2 is 1.96 bits per heavy atom. The molecule has 0 saturated carbocycles. The van der Waals surface area contributed by atoms with Crippen LogP contribution in [0.1, 0.15) is 5.56 Å². The van der Waals surface area contributed by atoms with E-state index in [1.165, 1.54) is 4.68 Å². The quantitative estimate of drug-likeness (QED) is 0.818. The van der Waals surface area contributed by atoms with Gasteiger partial charge in [0.2, 0.25) is 0 Å². The molecule has 0 unspecified atom stereocenters. The Hall–Kier alpha value is -2.59. The average Bonchev–Trinajstić information content (AvgIpc) is 2.60. The molecule has 0 aromatic carbocycles. The van der Waals surface area contributed by atoms with E-state index in [0.717, 1.165) is 0 Å². The Balaban J connectivity index is 1.78. The van der Waals surface area contributed by atoms with Crippen LogP contribution < -0.4 is 15.4 Å². The minimum atomic E-state index is -0.303. The van der Waals surface area contributed by atoms with Crippen molar-refractivity contribution in [2.45, 2.75) is 0 Å². The van der Waals surface area contributed by atoms with E-state index in [1.807, 2.05) is 4.90 Å². The van der Waals surface area contributed by atoms with Gasteiger partial charge in [0.15, 0.2) is 0 Å². The Morgan fingerprint density at radius 1 is 1.26 bits per heavy atom. The lowest BCUT2D eigenvalue weighted by Gasteiger charge is -2.37. The van der Waals surface area contributed by atoms with Crippen molar-refractivity contribution in [2.75, 3.05) is 36.0 Å². The van der Waals surface area contributed by atoms with E-state index in [9.17, 15) is 10.1 Å². The largest absolute Gasteiger partial charge is 0.365 e. The highest BCUT2D eigenvalue weighted by molar-refractivity contribution is 6.33. The third-order valence-electron chi connectivity index (χ3n) is 3.89. The summed E-state index contributed by atoms with van der Waals surface area (Å²) in [5.41, 5.74) is 0.910. The molecule has 1 saturated heterocycles. The summed E-state index contributed by atoms with van der Waals surface area (Å²) in [6, 6.07) is 5.68. The van der Waals surface area contributed by atoms with Gasteiger partial charge in [0, 0.05) is 39.4 Å². The molecule has 0 atom stereocenters. The second kappa shape index (κ2) is 6.26. The molecule has 0 amide bonds. The molecule has 1 aliphatic heterocycles. The monoisotopic (exact) mass is 330 g/mol. The number of aryl methyl sites for hydroxylation is 1. The van der Waals surface area contributed by atoms with Crippen LogP contribution in [-0.4, -0.2) is 40.9 Å². The Bertz CT molecular complexity index is 819. The summed E-state index contributed by atoms with van der Waals surface area (Å²) in [4.78, 5) is 20.3. The summed E-state index contributed by atoms with van der Waals surface area (Å²) in [7, 11) is 1.57. The molecule has 2 aromatic rings. The molecule has 7 nitrogen and oxygen atoms in total. The van der Waals surface area contributed by atoms with E-state index < -0.39 is 0 Å². The molecule has 3 heterocycles. The zero-order chi connectivity index (χ0) is 16.4. The topological polar surface area (TPSA) is 78.1 Å². The highest BCUT2D eigenvalue weighted by atomic mass is 35.5. The second-order valence-corrected chi connectivity index (χ2v) is 5.61. The molecular formula is C15H15ClN6O. The van der Waals surface area contributed by atoms with Gasteiger partial charge in [-0.25, -0.2) is 9.67 Å². The molecule has 0 N–H and O–H groups in total. The molecule has 118 valence electrons. The summed E-state index contributed by atoms with van der Waals surface area (Å²) in [5, 5.41) is 13.4. The van der Waals surface area contributed by atoms with E-state index in [4.69, 9.17) is 11.6 Å². The minimum Gasteiger partial charge on any atom is -0.365 e. The van der Waals surface area contributed by atoms with E-state index in [2.05, 4.69) is 21.1 Å². The maximum atomic E-state index is 11.9. The van der Waals surface area contributed by atoms with Gasteiger partial charge in [-0.05, 0) is 12.1 Å². The van der Waals surface area contributed by atoms with Gasteiger partial charge >= 0.3 is 0 Å². The van der Waals surface area contributed by atoms with Gasteiger partial charge in [0.25, 0.3) is 5.56 Å². The molecule has 1 aliphatic rings. The molecule has 0 aliphatic carbocycles. The number of aromatic nitrogens is 3. The molecule has 2 aromatic heterocycles. The SMILES string of the molecule is Cn1ncc(N2CCN(c3ncccc3C#N)CC2)c(Cl)c1=O. The molecular weight excluding hydrogens is 316 g/mol. The first-order valence-electron chi connectivity index (χ1n) is 7.18. The molecule has 0 spiro atoms. The van der Waals surface area contributed by atoms with E-state index >= 15 is 0 Å². The van der Waals surface area contributed by atoms with Crippen molar-refractivity contribution in [1.82, 2.24) is 14.8 Å². The van der Waals surface area contributed by atoms with Crippen LogP contribution in [0.2, 0.25) is 5.02 Å². The number of halogens is 1. The smallest absolute Gasteiger partial charge is 0.287 e. The van der Waals surface area contributed by atoms with Gasteiger partial charge in [-0.3, -0.25) is 4.79 Å². The van der Waals surface area contributed by atoms with Gasteiger partial charge in [0.05, 0.1) is 17.4 Å². The van der Waals surface area contributed by atoms with Gasteiger partial charge in [-0.1, -0.05) is 11.6 Å². The summed E-state index contributed by atoms with van der Waals surface area (Å²) in [6.45, 7) is 2.74. The Labute approximate surface area is 138 Å². The van der Waals surface area contributed by atoms with Crippen LogP contribution >= 0.6 is 11.6 Å². The first kappa shape index (κ1) is 15.3. The fourth-order valence-corrected chi connectivity index (χ4v) is 2.91. The third-order valence-corrected chi connectivity index (χ3v) is 4.24. The summed E-state index contributed by atoms with van der Waals surface area (Å²) in [5.74, 6) is 0.697. The zero-order valence-electron chi connectivity index (χ0n) is 12.6. The number of nitrogens with zero attached hydrogens (tertiary/aromatic N) is 6. The van der Waals surface area contributed by atoms with Crippen molar-refractivity contribution in [3.05, 3.63) is 45.5 Å². The predicted octanol–water partition coefficient (Wildman–Crippen LogP) is 1.03. The lowest BCUT2D eigenvalue weighted by Crippen LogP contribution is -2.47. The number of rotatable bonds is 2. The van der Waals surface area contributed by atoms with Crippen molar-refractivity contribution in [3.8, 4) is 6.07 Å². The second-order valence-electron chi connectivity index (χ2n) is 5.23. The molecule has 3 rings (SSSR count). The fourth-order valence-electron chi connectivity index (χ4n) is 2.62. The molecule has 23 heavy (non-hydrogen) atoms. The maximum Gasteiger partial charge on any atom is 0.287 e. The summed E-state index contributed by atoms with van der Waals surface area (Å²) in [6.07, 6.45) is 3.30. The zero-order valence-corrected chi connectivity index (χ0v) is 13.4. The normalized spacial score (nSPS) is 14.7. The van der Waals surface area contributed by atoms with Crippen LogP contribution in [0.25, 0.3) is 0 Å². The number of hydrogen-bond donors (Lipinski definition) is 0. The summed E-state index contributed by atoms with van der Waals surface area (Å²) < 4.78 is 1.22. The molecule has 8 heteroatoms. The number of anilines is 2. The highest BCUT2D eigenvalue weighted by Crippen LogP contribution is 2.24. The fraction of sp³-hybridized carbons (Fsp3) is 0.333. The van der Waals surface area contributed by atoms with Gasteiger partial charge in [-0.15, -0.1) is 0 Å². The maximum absolute atomic E-state index is 11.9. The van der Waals surface area contributed by atoms with Crippen molar-refractivity contribution < 1.29 is 0 Å². The van der Waals surface area contributed by atoms with Gasteiger partial charge in [-0.2, -0.15) is 10.4 Å². The number of pyridine rings is 1. The summed E-state index contributed by atoms with van der Waals surface area (Å²) >= 11 is 6.15. The first-order valence-corrected chi connectivity index (χ1v) is 7.56. The standard InChI is InChI=1S/C15H15ClN6O/c1-20-15(23)13(16)12(10-19-20)21-5-7-22(8-6-21)14-11(9-17)3-2-4-18-14/h2-4,10H,5-8H2,1H3. The number of nitriles is 1. The molecule has 0 bridgehead atoms. The van der Waals surface area contributed by atoms with Crippen LogP contribution in [0.15, 0.2) is 29.3 Å². The van der Waals surface area contributed by atoms with Crippen molar-refractivity contribution in [3.63, 3.8) is 0 Å². The van der Waals surface area contributed by atoms with Crippen LogP contribution in [0.4, 0.5) is 11.5 Å². The molecule has 0 radical (unpaired) electrons. The van der Waals surface area contributed by atoms with E-state index in [-0.39, 0.29) is 10.6 Å². The van der Waals surface area contributed by atoms with Crippen LogP contribution in [0.3, 0.4) is 0 Å². The number of hydrogen-bond acceptors (Lipinski definition) is 6. The van der Waals surface area contributed by atoms with Gasteiger partial charge < -0.3 is 9.80 Å². The van der Waals surface area contributed by atoms with Gasteiger partial charge in [0.1, 0.15) is 16.9 Å². The predicted molar refractivity (Wildman–Crippen MR) is 87.9 cm³/mol. The highest BCUT2D eigenvalue weighted by Gasteiger charge is 2.22. The lowest BCUT2D eigenvalue weighted by molar-refractivity contribution is 0.638. The van der Waals surface area contributed by atoms with Crippen molar-refractivity contribution in [2.24, 2.45) is 7.05 Å². The number of piperazine rings is 1. The Morgan fingerprint density at radius 3 is 2.65 bits per heavy atom. The van der Waals surface area contributed by atoms with Crippen LogP contribution in [-0.2, 0) is 7.05 Å². The lowest BCUT2D eigenvalue weighted by atomic mass is 10.2. The minimum absolute atomic E-state index is 0.187. The first-order chi connectivity index (χ1) is 11.1. The van der Waals surface area contributed by atoms with Crippen LogP contribution in [0.5, 0.6) is 0 Å². The van der Waals surface area contributed by atoms with Crippen molar-refractivity contribution in [1.29, 1.82) is 5.26 Å². The third kappa shape index (κ3) is 2.85. The van der Waals surface area contributed by atoms with E-state index in [1.54, 1.807) is 31.6 Å². The Kier molecular flexibility index (Phi) is 4.17. The molecule has 1 fully saturated rings. The van der Waals surface area contributed by atoms with Crippen LogP contribution in [0, 0.1) is 11.3 Å².